The molecule has 0 fully saturated rings. The van der Waals surface area contributed by atoms with Gasteiger partial charge in [-0.2, -0.15) is 13.2 Å². The lowest BCUT2D eigenvalue weighted by Gasteiger charge is -2.10. The van der Waals surface area contributed by atoms with Gasteiger partial charge in [-0.1, -0.05) is 23.8 Å². The largest absolute Gasteiger partial charge is 0.486 e. The second-order valence-corrected chi connectivity index (χ2v) is 6.68. The number of alkyl halides is 3. The van der Waals surface area contributed by atoms with E-state index < -0.39 is 30.1 Å². The van der Waals surface area contributed by atoms with Gasteiger partial charge in [0.1, 0.15) is 18.1 Å². The zero-order chi connectivity index (χ0) is 22.4. The van der Waals surface area contributed by atoms with Crippen LogP contribution < -0.4 is 15.4 Å². The van der Waals surface area contributed by atoms with Crippen molar-refractivity contribution >= 4 is 17.5 Å². The molecule has 0 radical (unpaired) electrons. The van der Waals surface area contributed by atoms with E-state index in [2.05, 4.69) is 10.6 Å². The summed E-state index contributed by atoms with van der Waals surface area (Å²) in [5.74, 6) is -0.268. The third-order valence-electron chi connectivity index (χ3n) is 4.17. The molecule has 0 aliphatic carbocycles. The highest BCUT2D eigenvalue weighted by Crippen LogP contribution is 2.30. The number of anilines is 1. The normalized spacial score (nSPS) is 11.1. The van der Waals surface area contributed by atoms with Gasteiger partial charge in [0.15, 0.2) is 5.76 Å². The van der Waals surface area contributed by atoms with Crippen LogP contribution in [-0.2, 0) is 17.6 Å². The van der Waals surface area contributed by atoms with Gasteiger partial charge in [-0.15, -0.1) is 0 Å². The molecule has 0 saturated carbocycles. The van der Waals surface area contributed by atoms with Crippen LogP contribution in [0.15, 0.2) is 65.1 Å². The number of furan rings is 1. The molecular formula is C22H19F3N2O4. The zero-order valence-electron chi connectivity index (χ0n) is 16.5. The fourth-order valence-corrected chi connectivity index (χ4v) is 2.59. The Labute approximate surface area is 176 Å². The fraction of sp³-hybridized carbons (Fsp3) is 0.182. The molecule has 3 aromatic rings. The van der Waals surface area contributed by atoms with Crippen LogP contribution in [0.5, 0.6) is 5.75 Å². The monoisotopic (exact) mass is 432 g/mol. The Balaban J connectivity index is 1.48. The molecule has 162 valence electrons. The zero-order valence-corrected chi connectivity index (χ0v) is 16.5. The molecule has 0 atom stereocenters. The van der Waals surface area contributed by atoms with Gasteiger partial charge < -0.3 is 19.8 Å². The summed E-state index contributed by atoms with van der Waals surface area (Å²) in [4.78, 5) is 24.1. The highest BCUT2D eigenvalue weighted by atomic mass is 19.4. The topological polar surface area (TPSA) is 80.6 Å². The van der Waals surface area contributed by atoms with Crippen LogP contribution in [0.4, 0.5) is 18.9 Å². The molecular weight excluding hydrogens is 413 g/mol. The Morgan fingerprint density at radius 1 is 1.03 bits per heavy atom. The number of ether oxygens (including phenoxy) is 1. The van der Waals surface area contributed by atoms with Gasteiger partial charge in [-0.3, -0.25) is 9.59 Å². The van der Waals surface area contributed by atoms with Gasteiger partial charge in [0.25, 0.3) is 5.91 Å². The number of carbonyl (C=O) groups excluding carboxylic acids is 2. The molecule has 31 heavy (non-hydrogen) atoms. The smallest absolute Gasteiger partial charge is 0.416 e. The van der Waals surface area contributed by atoms with Crippen molar-refractivity contribution in [3.63, 3.8) is 0 Å². The minimum atomic E-state index is -4.52. The average molecular weight is 432 g/mol. The first-order valence-electron chi connectivity index (χ1n) is 9.24. The number of hydrogen-bond donors (Lipinski definition) is 2. The van der Waals surface area contributed by atoms with Crippen LogP contribution in [0.25, 0.3) is 0 Å². The summed E-state index contributed by atoms with van der Waals surface area (Å²) in [6, 6.07) is 14.7. The first kappa shape index (κ1) is 21.9. The third kappa shape index (κ3) is 6.36. The maximum Gasteiger partial charge on any atom is 0.416 e. The second-order valence-electron chi connectivity index (χ2n) is 6.68. The third-order valence-corrected chi connectivity index (χ3v) is 4.17. The van der Waals surface area contributed by atoms with Crippen molar-refractivity contribution in [3.05, 3.63) is 83.3 Å². The van der Waals surface area contributed by atoms with Crippen LogP contribution in [0.3, 0.4) is 0 Å². The first-order valence-corrected chi connectivity index (χ1v) is 9.24. The van der Waals surface area contributed by atoms with E-state index in [1.165, 1.54) is 18.2 Å². The number of carbonyl (C=O) groups is 2. The molecule has 2 N–H and O–H groups in total. The number of rotatable bonds is 7. The molecule has 0 unspecified atom stereocenters. The van der Waals surface area contributed by atoms with Crippen molar-refractivity contribution in [1.29, 1.82) is 0 Å². The standard InChI is InChI=1S/C22H19F3N2O4/c1-14-5-7-17(8-6-14)30-13-18-9-10-19(31-18)21(29)26-12-20(28)27-16-4-2-3-15(11-16)22(23,24)25/h2-11H,12-13H2,1H3,(H,26,29)(H,27,28). The molecule has 2 amide bonds. The number of aryl methyl sites for hydroxylation is 1. The van der Waals surface area contributed by atoms with Gasteiger partial charge in [0.2, 0.25) is 5.91 Å². The van der Waals surface area contributed by atoms with Crippen molar-refractivity contribution in [2.75, 3.05) is 11.9 Å². The van der Waals surface area contributed by atoms with Crippen molar-refractivity contribution in [3.8, 4) is 5.75 Å². The summed E-state index contributed by atoms with van der Waals surface area (Å²) in [5, 5.41) is 4.65. The highest BCUT2D eigenvalue weighted by Gasteiger charge is 2.30. The van der Waals surface area contributed by atoms with E-state index >= 15 is 0 Å². The molecule has 2 aromatic carbocycles. The van der Waals surface area contributed by atoms with Crippen LogP contribution in [0.2, 0.25) is 0 Å². The Morgan fingerprint density at radius 3 is 2.48 bits per heavy atom. The van der Waals surface area contributed by atoms with Gasteiger partial charge in [-0.05, 0) is 49.4 Å². The van der Waals surface area contributed by atoms with E-state index in [1.54, 1.807) is 6.07 Å². The Morgan fingerprint density at radius 2 is 1.77 bits per heavy atom. The molecule has 9 heteroatoms. The summed E-state index contributed by atoms with van der Waals surface area (Å²) < 4.78 is 49.2. The minimum Gasteiger partial charge on any atom is -0.486 e. The summed E-state index contributed by atoms with van der Waals surface area (Å²) >= 11 is 0. The lowest BCUT2D eigenvalue weighted by atomic mass is 10.2. The first-order chi connectivity index (χ1) is 14.7. The van der Waals surface area contributed by atoms with Crippen LogP contribution in [0, 0.1) is 6.92 Å². The predicted octanol–water partition coefficient (Wildman–Crippen LogP) is 4.55. The van der Waals surface area contributed by atoms with Crippen molar-refractivity contribution in [2.45, 2.75) is 19.7 Å². The van der Waals surface area contributed by atoms with Gasteiger partial charge in [-0.25, -0.2) is 0 Å². The summed E-state index contributed by atoms with van der Waals surface area (Å²) in [6.45, 7) is 1.64. The molecule has 0 aliphatic heterocycles. The molecule has 0 bridgehead atoms. The number of halogens is 3. The Kier molecular flexibility index (Phi) is 6.64. The highest BCUT2D eigenvalue weighted by molar-refractivity contribution is 5.98. The quantitative estimate of drug-likeness (QED) is 0.574. The predicted molar refractivity (Wildman–Crippen MR) is 107 cm³/mol. The number of amides is 2. The summed E-state index contributed by atoms with van der Waals surface area (Å²) in [7, 11) is 0. The van der Waals surface area contributed by atoms with E-state index in [0.717, 1.165) is 17.7 Å². The van der Waals surface area contributed by atoms with E-state index in [0.29, 0.717) is 11.5 Å². The minimum absolute atomic E-state index is 0.0191. The maximum absolute atomic E-state index is 12.7. The molecule has 1 heterocycles. The van der Waals surface area contributed by atoms with E-state index in [4.69, 9.17) is 9.15 Å². The molecule has 3 rings (SSSR count). The average Bonchev–Trinajstić information content (AvgIpc) is 3.20. The van der Waals surface area contributed by atoms with E-state index in [9.17, 15) is 22.8 Å². The van der Waals surface area contributed by atoms with Crippen molar-refractivity contribution in [1.82, 2.24) is 5.32 Å². The Hall–Kier alpha value is -3.75. The van der Waals surface area contributed by atoms with Crippen LogP contribution >= 0.6 is 0 Å². The summed E-state index contributed by atoms with van der Waals surface area (Å²) in [5.41, 5.74) is 0.189. The molecule has 0 spiro atoms. The van der Waals surface area contributed by atoms with Gasteiger partial charge in [0, 0.05) is 5.69 Å². The molecule has 0 saturated heterocycles. The summed E-state index contributed by atoms with van der Waals surface area (Å²) in [6.07, 6.45) is -4.52. The number of benzene rings is 2. The van der Waals surface area contributed by atoms with E-state index in [-0.39, 0.29) is 18.1 Å². The van der Waals surface area contributed by atoms with Gasteiger partial charge >= 0.3 is 6.18 Å². The number of nitrogens with one attached hydrogen (secondary N) is 2. The maximum atomic E-state index is 12.7. The molecule has 6 nitrogen and oxygen atoms in total. The SMILES string of the molecule is Cc1ccc(OCc2ccc(C(=O)NCC(=O)Nc3cccc(C(F)(F)F)c3)o2)cc1. The van der Waals surface area contributed by atoms with Crippen LogP contribution in [-0.4, -0.2) is 18.4 Å². The lowest BCUT2D eigenvalue weighted by Crippen LogP contribution is -2.32. The Bertz CT molecular complexity index is 1060. The molecule has 1 aromatic heterocycles. The van der Waals surface area contributed by atoms with Crippen molar-refractivity contribution < 1.29 is 31.9 Å². The number of hydrogen-bond acceptors (Lipinski definition) is 4. The van der Waals surface area contributed by atoms with Crippen LogP contribution in [0.1, 0.15) is 27.4 Å². The molecule has 0 aliphatic rings. The fourth-order valence-electron chi connectivity index (χ4n) is 2.59. The van der Waals surface area contributed by atoms with E-state index in [1.807, 2.05) is 31.2 Å². The van der Waals surface area contributed by atoms with Crippen molar-refractivity contribution in [2.24, 2.45) is 0 Å². The van der Waals surface area contributed by atoms with Gasteiger partial charge in [0.05, 0.1) is 12.1 Å². The lowest BCUT2D eigenvalue weighted by molar-refractivity contribution is -0.137. The second kappa shape index (κ2) is 9.38.